The Labute approximate surface area is 156 Å². The minimum atomic E-state index is 0.176. The molecule has 3 heteroatoms. The normalized spacial score (nSPS) is 21.2. The van der Waals surface area contributed by atoms with Gasteiger partial charge >= 0.3 is 0 Å². The third-order valence-electron chi connectivity index (χ3n) is 6.60. The summed E-state index contributed by atoms with van der Waals surface area (Å²) in [4.78, 5) is 17.9. The number of hydrogen-bond acceptors (Lipinski definition) is 2. The Morgan fingerprint density at radius 3 is 2.12 bits per heavy atom. The summed E-state index contributed by atoms with van der Waals surface area (Å²) in [5.41, 5.74) is 2.39. The van der Waals surface area contributed by atoms with Crippen LogP contribution < -0.4 is 5.56 Å². The monoisotopic (exact) mass is 352 g/mol. The predicted molar refractivity (Wildman–Crippen MR) is 108 cm³/mol. The van der Waals surface area contributed by atoms with E-state index in [2.05, 4.69) is 23.2 Å². The Kier molecular flexibility index (Phi) is 5.72. The first kappa shape index (κ1) is 17.8. The lowest BCUT2D eigenvalue weighted by Gasteiger charge is -2.21. The number of rotatable bonds is 2. The van der Waals surface area contributed by atoms with E-state index in [4.69, 9.17) is 0 Å². The Balaban J connectivity index is 1.67. The zero-order valence-electron chi connectivity index (χ0n) is 16.0. The molecule has 0 spiro atoms. The maximum Gasteiger partial charge on any atom is 0.261 e. The summed E-state index contributed by atoms with van der Waals surface area (Å²) in [6.45, 7) is 0. The molecule has 0 aliphatic heterocycles. The summed E-state index contributed by atoms with van der Waals surface area (Å²) in [6.07, 6.45) is 18.4. The van der Waals surface area contributed by atoms with Gasteiger partial charge in [-0.2, -0.15) is 0 Å². The summed E-state index contributed by atoms with van der Waals surface area (Å²) in [5.74, 6) is 0.616. The van der Waals surface area contributed by atoms with Crippen LogP contribution in [0.5, 0.6) is 0 Å². The largest absolute Gasteiger partial charge is 0.296 e. The molecule has 2 aromatic rings. The van der Waals surface area contributed by atoms with Crippen LogP contribution in [0.15, 0.2) is 29.3 Å². The van der Waals surface area contributed by atoms with Gasteiger partial charge in [0.25, 0.3) is 5.56 Å². The van der Waals surface area contributed by atoms with Gasteiger partial charge in [0.05, 0.1) is 17.2 Å². The summed E-state index contributed by atoms with van der Waals surface area (Å²) < 4.78 is 1.94. The average Bonchev–Trinajstić information content (AvgIpc) is 2.91. The van der Waals surface area contributed by atoms with Gasteiger partial charge in [0.1, 0.15) is 0 Å². The van der Waals surface area contributed by atoms with Crippen molar-refractivity contribution < 1.29 is 0 Å². The maximum atomic E-state index is 13.2. The molecule has 1 heterocycles. The highest BCUT2D eigenvalue weighted by Gasteiger charge is 2.18. The van der Waals surface area contributed by atoms with Crippen molar-refractivity contribution in [1.29, 1.82) is 0 Å². The molecule has 0 atom stereocenters. The number of nitrogens with zero attached hydrogens (tertiary/aromatic N) is 2. The van der Waals surface area contributed by atoms with Crippen molar-refractivity contribution in [3.8, 4) is 0 Å². The maximum absolute atomic E-state index is 13.2. The zero-order chi connectivity index (χ0) is 17.8. The second-order valence-corrected chi connectivity index (χ2v) is 8.42. The molecule has 0 unspecified atom stereocenters. The van der Waals surface area contributed by atoms with Crippen molar-refractivity contribution in [3.05, 3.63) is 40.4 Å². The molecule has 4 rings (SSSR count). The van der Waals surface area contributed by atoms with E-state index in [1.807, 2.05) is 4.57 Å². The molecular formula is C23H32N2O. The van der Waals surface area contributed by atoms with E-state index in [0.29, 0.717) is 12.0 Å². The Bertz CT molecular complexity index is 778. The Hall–Kier alpha value is -1.64. The van der Waals surface area contributed by atoms with Gasteiger partial charge in [0.2, 0.25) is 0 Å². The number of fused-ring (bicyclic) bond motifs is 1. The van der Waals surface area contributed by atoms with Gasteiger partial charge in [-0.25, -0.2) is 4.98 Å². The molecule has 0 saturated heterocycles. The summed E-state index contributed by atoms with van der Waals surface area (Å²) in [7, 11) is 0. The van der Waals surface area contributed by atoms with Gasteiger partial charge in [-0.3, -0.25) is 9.36 Å². The van der Waals surface area contributed by atoms with Crippen molar-refractivity contribution in [3.63, 3.8) is 0 Å². The first-order chi connectivity index (χ1) is 12.8. The van der Waals surface area contributed by atoms with E-state index in [-0.39, 0.29) is 5.56 Å². The third-order valence-corrected chi connectivity index (χ3v) is 6.60. The molecule has 2 aliphatic carbocycles. The van der Waals surface area contributed by atoms with Crippen LogP contribution in [-0.4, -0.2) is 9.55 Å². The molecule has 26 heavy (non-hydrogen) atoms. The van der Waals surface area contributed by atoms with Gasteiger partial charge in [-0.05, 0) is 49.3 Å². The van der Waals surface area contributed by atoms with Crippen molar-refractivity contribution in [2.45, 2.75) is 95.4 Å². The van der Waals surface area contributed by atoms with E-state index in [1.165, 1.54) is 76.2 Å². The molecule has 0 amide bonds. The third kappa shape index (κ3) is 3.87. The fraction of sp³-hybridized carbons (Fsp3) is 0.652. The minimum Gasteiger partial charge on any atom is -0.296 e. The van der Waals surface area contributed by atoms with Crippen LogP contribution in [0.4, 0.5) is 0 Å². The number of hydrogen-bond donors (Lipinski definition) is 0. The van der Waals surface area contributed by atoms with Crippen LogP contribution in [0.25, 0.3) is 10.9 Å². The van der Waals surface area contributed by atoms with E-state index >= 15 is 0 Å². The highest BCUT2D eigenvalue weighted by atomic mass is 16.1. The molecule has 140 valence electrons. The van der Waals surface area contributed by atoms with Gasteiger partial charge in [-0.15, -0.1) is 0 Å². The van der Waals surface area contributed by atoms with Crippen molar-refractivity contribution in [2.24, 2.45) is 0 Å². The van der Waals surface area contributed by atoms with Crippen molar-refractivity contribution in [2.75, 3.05) is 0 Å². The fourth-order valence-electron chi connectivity index (χ4n) is 4.99. The summed E-state index contributed by atoms with van der Waals surface area (Å²) in [5, 5.41) is 0.830. The van der Waals surface area contributed by atoms with Crippen LogP contribution in [-0.2, 0) is 0 Å². The quantitative estimate of drug-likeness (QED) is 0.610. The molecule has 3 nitrogen and oxygen atoms in total. The first-order valence-corrected chi connectivity index (χ1v) is 10.8. The van der Waals surface area contributed by atoms with Gasteiger partial charge in [0, 0.05) is 6.04 Å². The lowest BCUT2D eigenvalue weighted by atomic mass is 9.85. The first-order valence-electron chi connectivity index (χ1n) is 10.8. The topological polar surface area (TPSA) is 34.9 Å². The van der Waals surface area contributed by atoms with Crippen LogP contribution in [0.1, 0.15) is 101 Å². The highest BCUT2D eigenvalue weighted by molar-refractivity contribution is 5.78. The van der Waals surface area contributed by atoms with E-state index in [0.717, 1.165) is 23.7 Å². The zero-order valence-corrected chi connectivity index (χ0v) is 16.0. The fourth-order valence-corrected chi connectivity index (χ4v) is 4.99. The smallest absolute Gasteiger partial charge is 0.261 e. The van der Waals surface area contributed by atoms with Crippen molar-refractivity contribution in [1.82, 2.24) is 9.55 Å². The average molecular weight is 353 g/mol. The molecule has 1 aromatic carbocycles. The van der Waals surface area contributed by atoms with E-state index in [9.17, 15) is 4.79 Å². The van der Waals surface area contributed by atoms with Crippen LogP contribution in [0.2, 0.25) is 0 Å². The summed E-state index contributed by atoms with van der Waals surface area (Å²) in [6, 6.07) is 6.80. The van der Waals surface area contributed by atoms with Gasteiger partial charge < -0.3 is 0 Å². The lowest BCUT2D eigenvalue weighted by molar-refractivity contribution is 0.430. The Morgan fingerprint density at radius 2 is 1.42 bits per heavy atom. The van der Waals surface area contributed by atoms with Crippen LogP contribution >= 0.6 is 0 Å². The lowest BCUT2D eigenvalue weighted by Crippen LogP contribution is -2.25. The molecule has 0 N–H and O–H groups in total. The molecule has 2 aliphatic rings. The standard InChI is InChI=1S/C23H32N2O/c26-23-21-16-19(18-10-6-2-1-3-7-11-18)14-15-22(21)24-17-25(23)20-12-8-4-5-9-13-20/h14-18,20H,1-13H2. The molecule has 2 saturated carbocycles. The van der Waals surface area contributed by atoms with Crippen LogP contribution in [0, 0.1) is 0 Å². The van der Waals surface area contributed by atoms with Crippen molar-refractivity contribution >= 4 is 10.9 Å². The number of benzene rings is 1. The Morgan fingerprint density at radius 1 is 0.808 bits per heavy atom. The molecule has 0 radical (unpaired) electrons. The van der Waals surface area contributed by atoms with Gasteiger partial charge in [0.15, 0.2) is 0 Å². The molecule has 1 aromatic heterocycles. The number of aromatic nitrogens is 2. The summed E-state index contributed by atoms with van der Waals surface area (Å²) >= 11 is 0. The van der Waals surface area contributed by atoms with Crippen LogP contribution in [0.3, 0.4) is 0 Å². The predicted octanol–water partition coefficient (Wildman–Crippen LogP) is 6.12. The second-order valence-electron chi connectivity index (χ2n) is 8.42. The van der Waals surface area contributed by atoms with E-state index < -0.39 is 0 Å². The second kappa shape index (κ2) is 8.37. The van der Waals surface area contributed by atoms with E-state index in [1.54, 1.807) is 6.33 Å². The highest BCUT2D eigenvalue weighted by Crippen LogP contribution is 2.32. The SMILES string of the molecule is O=c1c2cc(C3CCCCCCC3)ccc2ncn1C1CCCCCC1. The molecule has 2 fully saturated rings. The molecule has 0 bridgehead atoms. The minimum absolute atomic E-state index is 0.176. The molecular weight excluding hydrogens is 320 g/mol. The van der Waals surface area contributed by atoms with Gasteiger partial charge in [-0.1, -0.05) is 63.9 Å².